The lowest BCUT2D eigenvalue weighted by atomic mass is 9.96. The van der Waals surface area contributed by atoms with Crippen LogP contribution in [0.2, 0.25) is 0 Å². The minimum Gasteiger partial charge on any atom is -0.496 e. The summed E-state index contributed by atoms with van der Waals surface area (Å²) in [5.41, 5.74) is 6.84. The van der Waals surface area contributed by atoms with Crippen LogP contribution in [0, 0.1) is 4.91 Å². The molecule has 1 N–H and O–H groups in total. The maximum Gasteiger partial charge on any atom is 0.190 e. The van der Waals surface area contributed by atoms with Gasteiger partial charge in [0.05, 0.1) is 19.7 Å². The van der Waals surface area contributed by atoms with Crippen LogP contribution in [0.5, 0.6) is 5.75 Å². The number of benzene rings is 3. The molecule has 0 bridgehead atoms. The van der Waals surface area contributed by atoms with Gasteiger partial charge in [0.25, 0.3) is 0 Å². The van der Waals surface area contributed by atoms with Crippen molar-refractivity contribution < 1.29 is 4.74 Å². The molecular formula is C29H35N3O2. The van der Waals surface area contributed by atoms with Crippen molar-refractivity contribution in [1.82, 2.24) is 5.32 Å². The summed E-state index contributed by atoms with van der Waals surface area (Å²) in [5, 5.41) is 6.92. The summed E-state index contributed by atoms with van der Waals surface area (Å²) in [6, 6.07) is 22.1. The second-order valence-electron chi connectivity index (χ2n) is 8.26. The van der Waals surface area contributed by atoms with Gasteiger partial charge in [-0.25, -0.2) is 0 Å². The average molecular weight is 458 g/mol. The number of rotatable bonds is 11. The number of nitroso groups, excluding NO2 is 1. The second kappa shape index (κ2) is 12.8. The predicted molar refractivity (Wildman–Crippen MR) is 141 cm³/mol. The lowest BCUT2D eigenvalue weighted by Crippen LogP contribution is -2.28. The van der Waals surface area contributed by atoms with Crippen molar-refractivity contribution in [3.05, 3.63) is 105 Å². The third kappa shape index (κ3) is 6.17. The molecule has 0 saturated heterocycles. The van der Waals surface area contributed by atoms with Crippen LogP contribution in [-0.4, -0.2) is 12.9 Å². The highest BCUT2D eigenvalue weighted by Crippen LogP contribution is 2.27. The van der Waals surface area contributed by atoms with Gasteiger partial charge in [-0.15, -0.1) is 4.91 Å². The summed E-state index contributed by atoms with van der Waals surface area (Å²) >= 11 is 0. The third-order valence-corrected chi connectivity index (χ3v) is 6.20. The zero-order chi connectivity index (χ0) is 24.3. The largest absolute Gasteiger partial charge is 0.496 e. The summed E-state index contributed by atoms with van der Waals surface area (Å²) in [6.45, 7) is 7.37. The Balaban J connectivity index is 1.97. The number of nitrogens with zero attached hydrogens (tertiary/aromatic N) is 2. The molecule has 0 aliphatic rings. The van der Waals surface area contributed by atoms with Crippen LogP contribution in [0.15, 0.2) is 76.9 Å². The quantitative estimate of drug-likeness (QED) is 0.201. The van der Waals surface area contributed by atoms with Crippen molar-refractivity contribution in [1.29, 1.82) is 0 Å². The first-order valence-corrected chi connectivity index (χ1v) is 12.1. The number of aliphatic imine (C=N–C) groups is 1. The summed E-state index contributed by atoms with van der Waals surface area (Å²) in [7, 11) is 1.70. The van der Waals surface area contributed by atoms with Crippen LogP contribution in [0.3, 0.4) is 0 Å². The van der Waals surface area contributed by atoms with Crippen LogP contribution >= 0.6 is 0 Å². The molecule has 3 aromatic carbocycles. The SMILES string of the molecule is CCc1ccc(C(NCc2cccc(CC)c2OC)C(N=O)=NCc2ccccc2)cc1CC. The van der Waals surface area contributed by atoms with E-state index < -0.39 is 6.04 Å². The molecule has 3 aromatic rings. The van der Waals surface area contributed by atoms with Crippen LogP contribution in [0.1, 0.15) is 60.2 Å². The number of hydrogen-bond acceptors (Lipinski definition) is 4. The van der Waals surface area contributed by atoms with E-state index in [1.807, 2.05) is 36.4 Å². The molecule has 1 atom stereocenters. The van der Waals surface area contributed by atoms with E-state index in [0.717, 1.165) is 47.3 Å². The van der Waals surface area contributed by atoms with Crippen LogP contribution in [-0.2, 0) is 32.4 Å². The van der Waals surface area contributed by atoms with Gasteiger partial charge < -0.3 is 4.74 Å². The molecule has 0 aliphatic heterocycles. The number of ether oxygens (including phenoxy) is 1. The number of methoxy groups -OCH3 is 1. The lowest BCUT2D eigenvalue weighted by molar-refractivity contribution is 0.402. The zero-order valence-corrected chi connectivity index (χ0v) is 20.7. The van der Waals surface area contributed by atoms with Crippen molar-refractivity contribution in [3.8, 4) is 5.75 Å². The highest BCUT2D eigenvalue weighted by Gasteiger charge is 2.21. The van der Waals surface area contributed by atoms with E-state index in [0.29, 0.717) is 13.1 Å². The van der Waals surface area contributed by atoms with Crippen molar-refractivity contribution in [3.63, 3.8) is 0 Å². The minimum atomic E-state index is -0.424. The fourth-order valence-electron chi connectivity index (χ4n) is 4.32. The van der Waals surface area contributed by atoms with Crippen LogP contribution < -0.4 is 10.1 Å². The molecule has 0 aliphatic carbocycles. The second-order valence-corrected chi connectivity index (χ2v) is 8.26. The van der Waals surface area contributed by atoms with Crippen molar-refractivity contribution in [2.24, 2.45) is 10.2 Å². The molecule has 0 heterocycles. The van der Waals surface area contributed by atoms with Crippen LogP contribution in [0.4, 0.5) is 0 Å². The Morgan fingerprint density at radius 2 is 1.56 bits per heavy atom. The Morgan fingerprint density at radius 1 is 0.853 bits per heavy atom. The van der Waals surface area contributed by atoms with Gasteiger partial charge in [0.15, 0.2) is 5.84 Å². The molecule has 34 heavy (non-hydrogen) atoms. The number of nitrogens with one attached hydrogen (secondary N) is 1. The van der Waals surface area contributed by atoms with Gasteiger partial charge >= 0.3 is 0 Å². The zero-order valence-electron chi connectivity index (χ0n) is 20.7. The number of hydrogen-bond donors (Lipinski definition) is 1. The van der Waals surface area contributed by atoms with Gasteiger partial charge in [0.1, 0.15) is 5.75 Å². The third-order valence-electron chi connectivity index (χ3n) is 6.20. The first-order valence-electron chi connectivity index (χ1n) is 12.1. The molecular weight excluding hydrogens is 422 g/mol. The molecule has 5 nitrogen and oxygen atoms in total. The van der Waals surface area contributed by atoms with Gasteiger partial charge in [0.2, 0.25) is 0 Å². The summed E-state index contributed by atoms with van der Waals surface area (Å²) < 4.78 is 5.71. The summed E-state index contributed by atoms with van der Waals surface area (Å²) in [5.74, 6) is 1.13. The number of para-hydroxylation sites is 1. The van der Waals surface area contributed by atoms with Gasteiger partial charge in [-0.1, -0.05) is 87.5 Å². The maximum absolute atomic E-state index is 12.0. The molecule has 1 unspecified atom stereocenters. The Hall–Kier alpha value is -3.31. The van der Waals surface area contributed by atoms with Gasteiger partial charge in [-0.3, -0.25) is 10.3 Å². The van der Waals surface area contributed by atoms with Gasteiger partial charge in [-0.2, -0.15) is 0 Å². The Kier molecular flexibility index (Phi) is 9.53. The van der Waals surface area contributed by atoms with E-state index in [2.05, 4.69) is 66.6 Å². The maximum atomic E-state index is 12.0. The van der Waals surface area contributed by atoms with E-state index in [4.69, 9.17) is 4.74 Å². The Morgan fingerprint density at radius 3 is 2.21 bits per heavy atom. The minimum absolute atomic E-state index is 0.251. The van der Waals surface area contributed by atoms with Gasteiger partial charge in [-0.05, 0) is 52.3 Å². The number of aryl methyl sites for hydroxylation is 3. The molecule has 0 radical (unpaired) electrons. The molecule has 3 rings (SSSR count). The lowest BCUT2D eigenvalue weighted by Gasteiger charge is -2.21. The van der Waals surface area contributed by atoms with Gasteiger partial charge in [0, 0.05) is 12.1 Å². The Bertz CT molecular complexity index is 1110. The molecule has 0 saturated carbocycles. The molecule has 5 heteroatoms. The predicted octanol–water partition coefficient (Wildman–Crippen LogP) is 6.58. The topological polar surface area (TPSA) is 63.0 Å². The van der Waals surface area contributed by atoms with Crippen molar-refractivity contribution >= 4 is 5.84 Å². The molecule has 0 amide bonds. The average Bonchev–Trinajstić information content (AvgIpc) is 2.90. The van der Waals surface area contributed by atoms with E-state index in [-0.39, 0.29) is 5.84 Å². The molecule has 178 valence electrons. The van der Waals surface area contributed by atoms with Crippen molar-refractivity contribution in [2.75, 3.05) is 7.11 Å². The van der Waals surface area contributed by atoms with E-state index in [1.165, 1.54) is 11.1 Å². The van der Waals surface area contributed by atoms with E-state index in [1.54, 1.807) is 7.11 Å². The van der Waals surface area contributed by atoms with E-state index >= 15 is 0 Å². The first kappa shape index (κ1) is 25.3. The number of amidine groups is 1. The summed E-state index contributed by atoms with van der Waals surface area (Å²) in [4.78, 5) is 16.6. The molecule has 0 fully saturated rings. The van der Waals surface area contributed by atoms with Crippen LogP contribution in [0.25, 0.3) is 0 Å². The highest BCUT2D eigenvalue weighted by molar-refractivity contribution is 5.89. The fourth-order valence-corrected chi connectivity index (χ4v) is 4.32. The smallest absolute Gasteiger partial charge is 0.190 e. The molecule has 0 aromatic heterocycles. The first-order chi connectivity index (χ1) is 16.6. The van der Waals surface area contributed by atoms with E-state index in [9.17, 15) is 4.91 Å². The molecule has 0 spiro atoms. The summed E-state index contributed by atoms with van der Waals surface area (Å²) in [6.07, 6.45) is 2.79. The highest BCUT2D eigenvalue weighted by atomic mass is 16.5. The Labute approximate surface area is 203 Å². The normalized spacial score (nSPS) is 12.4. The fraction of sp³-hybridized carbons (Fsp3) is 0.345. The van der Waals surface area contributed by atoms with Crippen molar-refractivity contribution in [2.45, 2.75) is 59.2 Å². The monoisotopic (exact) mass is 457 g/mol. The standard InChI is InChI=1S/C29H35N3O2/c1-5-22-16-17-25(18-24(22)7-3)27(29(32-33)31-19-21-12-9-8-10-13-21)30-20-26-15-11-14-23(6-2)28(26)34-4/h8-18,27,30H,5-7,19-20H2,1-4H3.